The van der Waals surface area contributed by atoms with Gasteiger partial charge in [-0.15, -0.1) is 0 Å². The Morgan fingerprint density at radius 1 is 1.05 bits per heavy atom. The zero-order chi connectivity index (χ0) is 14.8. The van der Waals surface area contributed by atoms with Gasteiger partial charge in [-0.1, -0.05) is 44.5 Å². The molecule has 0 N–H and O–H groups in total. The van der Waals surface area contributed by atoms with Gasteiger partial charge in [-0.2, -0.15) is 0 Å². The van der Waals surface area contributed by atoms with Crippen LogP contribution < -0.4 is 0 Å². The van der Waals surface area contributed by atoms with E-state index in [0.29, 0.717) is 0 Å². The Morgan fingerprint density at radius 2 is 1.70 bits per heavy atom. The maximum absolute atomic E-state index is 13.0. The third-order valence-corrected chi connectivity index (χ3v) is 5.32. The van der Waals surface area contributed by atoms with Crippen molar-refractivity contribution in [2.45, 2.75) is 37.8 Å². The predicted octanol–water partition coefficient (Wildman–Crippen LogP) is 4.29. The van der Waals surface area contributed by atoms with E-state index in [2.05, 4.69) is 25.8 Å². The molecule has 2 atom stereocenters. The van der Waals surface area contributed by atoms with Crippen molar-refractivity contribution in [3.63, 3.8) is 0 Å². The molecule has 0 amide bonds. The molecule has 0 bridgehead atoms. The molecule has 2 nitrogen and oxygen atoms in total. The van der Waals surface area contributed by atoms with Crippen molar-refractivity contribution in [1.82, 2.24) is 4.98 Å². The van der Waals surface area contributed by atoms with Gasteiger partial charge in [0.15, 0.2) is 0 Å². The molecule has 2 rings (SSSR count). The van der Waals surface area contributed by atoms with E-state index >= 15 is 0 Å². The molecule has 1 aromatic carbocycles. The minimum absolute atomic E-state index is 0.119. The summed E-state index contributed by atoms with van der Waals surface area (Å²) in [6.45, 7) is 8.36. The van der Waals surface area contributed by atoms with Crippen LogP contribution in [0, 0.1) is 12.3 Å². The van der Waals surface area contributed by atoms with Crippen LogP contribution >= 0.6 is 0 Å². The van der Waals surface area contributed by atoms with Crippen molar-refractivity contribution >= 4 is 10.8 Å². The summed E-state index contributed by atoms with van der Waals surface area (Å²) in [6.07, 6.45) is 1.76. The summed E-state index contributed by atoms with van der Waals surface area (Å²) in [5, 5.41) is -0.119. The number of hydrogen-bond donors (Lipinski definition) is 0. The topological polar surface area (TPSA) is 30.0 Å². The lowest BCUT2D eigenvalue weighted by molar-refractivity contribution is 0.389. The van der Waals surface area contributed by atoms with E-state index in [4.69, 9.17) is 0 Å². The van der Waals surface area contributed by atoms with Crippen LogP contribution in [0.1, 0.15) is 37.3 Å². The molecule has 0 spiro atoms. The van der Waals surface area contributed by atoms with Crippen molar-refractivity contribution in [3.8, 4) is 0 Å². The minimum Gasteiger partial charge on any atom is -0.260 e. The first-order valence-electron chi connectivity index (χ1n) is 6.78. The zero-order valence-electron chi connectivity index (χ0n) is 12.5. The highest BCUT2D eigenvalue weighted by atomic mass is 32.2. The van der Waals surface area contributed by atoms with Crippen molar-refractivity contribution in [2.24, 2.45) is 5.41 Å². The molecule has 106 valence electrons. The van der Waals surface area contributed by atoms with Gasteiger partial charge >= 0.3 is 0 Å². The quantitative estimate of drug-likeness (QED) is 0.843. The van der Waals surface area contributed by atoms with E-state index < -0.39 is 10.8 Å². The van der Waals surface area contributed by atoms with E-state index in [-0.39, 0.29) is 10.7 Å². The molecule has 20 heavy (non-hydrogen) atoms. The Labute approximate surface area is 123 Å². The fourth-order valence-corrected chi connectivity index (χ4v) is 3.89. The number of rotatable bonds is 3. The molecule has 1 aromatic heterocycles. The van der Waals surface area contributed by atoms with Crippen LogP contribution in [-0.4, -0.2) is 9.19 Å². The summed E-state index contributed by atoms with van der Waals surface area (Å²) in [6, 6.07) is 13.7. The van der Waals surface area contributed by atoms with Crippen LogP contribution in [0.2, 0.25) is 0 Å². The van der Waals surface area contributed by atoms with Crippen LogP contribution in [0.4, 0.5) is 0 Å². The largest absolute Gasteiger partial charge is 0.260 e. The van der Waals surface area contributed by atoms with E-state index in [9.17, 15) is 4.21 Å². The molecule has 0 radical (unpaired) electrons. The smallest absolute Gasteiger partial charge is 0.0864 e. The molecule has 3 heteroatoms. The van der Waals surface area contributed by atoms with E-state index in [1.807, 2.05) is 49.4 Å². The number of aromatic nitrogens is 1. The second-order valence-corrected chi connectivity index (χ2v) is 7.65. The number of nitrogens with zero attached hydrogens (tertiary/aromatic N) is 1. The summed E-state index contributed by atoms with van der Waals surface area (Å²) >= 11 is 0. The van der Waals surface area contributed by atoms with Gasteiger partial charge in [-0.3, -0.25) is 9.19 Å². The summed E-state index contributed by atoms with van der Waals surface area (Å²) < 4.78 is 13.0. The molecular weight excluding hydrogens is 266 g/mol. The summed E-state index contributed by atoms with van der Waals surface area (Å²) in [7, 11) is -1.11. The molecule has 0 aliphatic heterocycles. The predicted molar refractivity (Wildman–Crippen MR) is 84.0 cm³/mol. The summed E-state index contributed by atoms with van der Waals surface area (Å²) in [5.74, 6) is 0. The molecule has 2 aromatic rings. The monoisotopic (exact) mass is 287 g/mol. The zero-order valence-corrected chi connectivity index (χ0v) is 13.3. The SMILES string of the molecule is Cc1ccc(S(=O)[C@@H](c2ccccn2)C(C)(C)C)cc1. The van der Waals surface area contributed by atoms with Gasteiger partial charge in [0.2, 0.25) is 0 Å². The fraction of sp³-hybridized carbons (Fsp3) is 0.353. The van der Waals surface area contributed by atoms with Crippen molar-refractivity contribution in [3.05, 3.63) is 59.9 Å². The molecule has 0 aliphatic carbocycles. The minimum atomic E-state index is -1.11. The molecule has 0 aliphatic rings. The molecule has 0 saturated heterocycles. The van der Waals surface area contributed by atoms with Crippen molar-refractivity contribution in [1.29, 1.82) is 0 Å². The summed E-state index contributed by atoms with van der Waals surface area (Å²) in [5.41, 5.74) is 1.94. The molecular formula is C17H21NOS. The lowest BCUT2D eigenvalue weighted by atomic mass is 9.89. The first-order chi connectivity index (χ1) is 9.39. The van der Waals surface area contributed by atoms with Gasteiger partial charge in [-0.25, -0.2) is 0 Å². The molecule has 0 saturated carbocycles. The van der Waals surface area contributed by atoms with Crippen molar-refractivity contribution in [2.75, 3.05) is 0 Å². The Morgan fingerprint density at radius 3 is 2.20 bits per heavy atom. The van der Waals surface area contributed by atoms with Gasteiger partial charge in [0.25, 0.3) is 0 Å². The highest BCUT2D eigenvalue weighted by Gasteiger charge is 2.33. The fourth-order valence-electron chi connectivity index (χ4n) is 2.21. The maximum atomic E-state index is 13.0. The van der Waals surface area contributed by atoms with Crippen LogP contribution in [0.3, 0.4) is 0 Å². The lowest BCUT2D eigenvalue weighted by Gasteiger charge is -2.29. The van der Waals surface area contributed by atoms with E-state index in [0.717, 1.165) is 10.6 Å². The van der Waals surface area contributed by atoms with Crippen LogP contribution in [0.15, 0.2) is 53.6 Å². The molecule has 1 unspecified atom stereocenters. The highest BCUT2D eigenvalue weighted by Crippen LogP contribution is 2.39. The Hall–Kier alpha value is -1.48. The Kier molecular flexibility index (Phi) is 4.39. The normalized spacial score (nSPS) is 14.8. The first kappa shape index (κ1) is 14.9. The third kappa shape index (κ3) is 3.34. The van der Waals surface area contributed by atoms with Crippen LogP contribution in [0.25, 0.3) is 0 Å². The molecule has 1 heterocycles. The second kappa shape index (κ2) is 5.88. The second-order valence-electron chi connectivity index (χ2n) is 6.11. The first-order valence-corrected chi connectivity index (χ1v) is 7.99. The van der Waals surface area contributed by atoms with Gasteiger partial charge in [0.05, 0.1) is 21.7 Å². The van der Waals surface area contributed by atoms with Gasteiger partial charge < -0.3 is 0 Å². The van der Waals surface area contributed by atoms with E-state index in [1.54, 1.807) is 6.20 Å². The molecule has 0 fully saturated rings. The van der Waals surface area contributed by atoms with Crippen LogP contribution in [-0.2, 0) is 10.8 Å². The van der Waals surface area contributed by atoms with Gasteiger partial charge in [0, 0.05) is 11.1 Å². The van der Waals surface area contributed by atoms with Gasteiger partial charge in [-0.05, 0) is 36.6 Å². The average molecular weight is 287 g/mol. The number of hydrogen-bond acceptors (Lipinski definition) is 2. The average Bonchev–Trinajstić information content (AvgIpc) is 2.39. The highest BCUT2D eigenvalue weighted by molar-refractivity contribution is 7.85. The number of pyridine rings is 1. The maximum Gasteiger partial charge on any atom is 0.0864 e. The van der Waals surface area contributed by atoms with Gasteiger partial charge in [0.1, 0.15) is 0 Å². The summed E-state index contributed by atoms with van der Waals surface area (Å²) in [4.78, 5) is 5.28. The van der Waals surface area contributed by atoms with Crippen molar-refractivity contribution < 1.29 is 4.21 Å². The number of benzene rings is 1. The lowest BCUT2D eigenvalue weighted by Crippen LogP contribution is -2.24. The van der Waals surface area contributed by atoms with E-state index in [1.165, 1.54) is 5.56 Å². The standard InChI is InChI=1S/C17H21NOS/c1-13-8-10-14(11-9-13)20(19)16(17(2,3)4)15-7-5-6-12-18-15/h5-12,16H,1-4H3/t16-,20?/m0/s1. The Balaban J connectivity index is 2.42. The third-order valence-electron chi connectivity index (χ3n) is 3.21. The van der Waals surface area contributed by atoms with Crippen LogP contribution in [0.5, 0.6) is 0 Å². The Bertz CT molecular complexity index is 585. The number of aryl methyl sites for hydroxylation is 1.